The van der Waals surface area contributed by atoms with E-state index in [9.17, 15) is 23.1 Å². The molecular formula is C26H25F3N2O3. The summed E-state index contributed by atoms with van der Waals surface area (Å²) < 4.78 is 43.8. The minimum absolute atomic E-state index is 0.166. The highest BCUT2D eigenvalue weighted by Gasteiger charge is 2.38. The van der Waals surface area contributed by atoms with E-state index in [1.165, 1.54) is 17.0 Å². The van der Waals surface area contributed by atoms with Crippen LogP contribution in [0.4, 0.5) is 18.9 Å². The second kappa shape index (κ2) is 9.58. The smallest absolute Gasteiger partial charge is 0.380 e. The molecule has 1 unspecified atom stereocenters. The number of hydrogen-bond acceptors (Lipinski definition) is 4. The van der Waals surface area contributed by atoms with Gasteiger partial charge in [-0.2, -0.15) is 13.2 Å². The zero-order valence-electron chi connectivity index (χ0n) is 18.3. The number of anilines is 1. The molecule has 3 aromatic carbocycles. The van der Waals surface area contributed by atoms with Crippen molar-refractivity contribution >= 4 is 11.6 Å². The number of nitrogens with zero attached hydrogens (tertiary/aromatic N) is 1. The van der Waals surface area contributed by atoms with E-state index >= 15 is 0 Å². The molecule has 3 aromatic rings. The number of ether oxygens (including phenoxy) is 1. The fourth-order valence-electron chi connectivity index (χ4n) is 3.86. The highest BCUT2D eigenvalue weighted by molar-refractivity contribution is 5.97. The summed E-state index contributed by atoms with van der Waals surface area (Å²) in [5.41, 5.74) is 6.92. The Morgan fingerprint density at radius 2 is 1.71 bits per heavy atom. The van der Waals surface area contributed by atoms with Gasteiger partial charge in [0.15, 0.2) is 0 Å². The van der Waals surface area contributed by atoms with Crippen molar-refractivity contribution < 1.29 is 27.8 Å². The number of halogens is 3. The van der Waals surface area contributed by atoms with Crippen LogP contribution in [0.5, 0.6) is 0 Å². The van der Waals surface area contributed by atoms with Crippen LogP contribution in [-0.2, 0) is 27.7 Å². The number of carbonyl (C=O) groups excluding carboxylic acids is 1. The van der Waals surface area contributed by atoms with Gasteiger partial charge in [0, 0.05) is 12.2 Å². The molecule has 0 aromatic heterocycles. The summed E-state index contributed by atoms with van der Waals surface area (Å²) in [5, 5.41) is 10.7. The van der Waals surface area contributed by atoms with E-state index in [0.29, 0.717) is 28.8 Å². The first kappa shape index (κ1) is 23.9. The van der Waals surface area contributed by atoms with Crippen LogP contribution in [0.15, 0.2) is 78.9 Å². The van der Waals surface area contributed by atoms with Crippen molar-refractivity contribution in [3.8, 4) is 0 Å². The average molecular weight is 470 g/mol. The number of rotatable bonds is 7. The molecular weight excluding hydrogens is 445 g/mol. The predicted octanol–water partition coefficient (Wildman–Crippen LogP) is 4.20. The summed E-state index contributed by atoms with van der Waals surface area (Å²) in [5.74, 6) is -0.355. The van der Waals surface area contributed by atoms with Gasteiger partial charge in [-0.3, -0.25) is 4.79 Å². The van der Waals surface area contributed by atoms with Crippen molar-refractivity contribution in [3.05, 3.63) is 101 Å². The zero-order valence-corrected chi connectivity index (χ0v) is 18.3. The minimum Gasteiger partial charge on any atom is -0.380 e. The number of hydrogen-bond donors (Lipinski definition) is 2. The van der Waals surface area contributed by atoms with Gasteiger partial charge >= 0.3 is 6.18 Å². The number of benzene rings is 3. The molecule has 0 bridgehead atoms. The fourth-order valence-corrected chi connectivity index (χ4v) is 3.86. The lowest BCUT2D eigenvalue weighted by atomic mass is 9.91. The standard InChI is InChI=1S/C26H25F3N2O3/c27-26(28,29)20-11-9-18(10-12-20)13-14-31(24(32)23(30)19-5-2-1-3-6-19)22-8-4-7-21(15-22)25(33)16-34-17-25/h1-12,15,23,33H,13-14,16-17,30H2. The Bertz CT molecular complexity index is 1130. The average Bonchev–Trinajstić information content (AvgIpc) is 2.82. The lowest BCUT2D eigenvalue weighted by Crippen LogP contribution is -2.46. The molecule has 8 heteroatoms. The summed E-state index contributed by atoms with van der Waals surface area (Å²) in [7, 11) is 0. The largest absolute Gasteiger partial charge is 0.416 e. The van der Waals surface area contributed by atoms with Crippen LogP contribution in [0, 0.1) is 0 Å². The highest BCUT2D eigenvalue weighted by Crippen LogP contribution is 2.33. The van der Waals surface area contributed by atoms with Crippen LogP contribution in [0.3, 0.4) is 0 Å². The quantitative estimate of drug-likeness (QED) is 0.543. The molecule has 1 saturated heterocycles. The van der Waals surface area contributed by atoms with Crippen molar-refractivity contribution in [3.63, 3.8) is 0 Å². The van der Waals surface area contributed by atoms with Crippen LogP contribution >= 0.6 is 0 Å². The van der Waals surface area contributed by atoms with Crippen molar-refractivity contribution in [1.82, 2.24) is 0 Å². The van der Waals surface area contributed by atoms with E-state index in [2.05, 4.69) is 0 Å². The number of alkyl halides is 3. The third-order valence-corrected chi connectivity index (χ3v) is 5.97. The molecule has 1 amide bonds. The van der Waals surface area contributed by atoms with Gasteiger partial charge in [0.25, 0.3) is 0 Å². The second-order valence-corrected chi connectivity index (χ2v) is 8.40. The Morgan fingerprint density at radius 1 is 1.03 bits per heavy atom. The van der Waals surface area contributed by atoms with E-state index in [0.717, 1.165) is 12.1 Å². The molecule has 1 heterocycles. The van der Waals surface area contributed by atoms with Gasteiger partial charge in [0.05, 0.1) is 18.8 Å². The number of carbonyl (C=O) groups is 1. The molecule has 4 rings (SSSR count). The van der Waals surface area contributed by atoms with E-state index in [1.807, 2.05) is 6.07 Å². The molecule has 1 aliphatic heterocycles. The lowest BCUT2D eigenvalue weighted by Gasteiger charge is -2.37. The van der Waals surface area contributed by atoms with E-state index in [4.69, 9.17) is 10.5 Å². The maximum atomic E-state index is 13.5. The molecule has 0 spiro atoms. The Morgan fingerprint density at radius 3 is 2.29 bits per heavy atom. The predicted molar refractivity (Wildman–Crippen MR) is 122 cm³/mol. The maximum Gasteiger partial charge on any atom is 0.416 e. The van der Waals surface area contributed by atoms with Gasteiger partial charge in [0.2, 0.25) is 5.91 Å². The topological polar surface area (TPSA) is 75.8 Å². The number of aliphatic hydroxyl groups is 1. The van der Waals surface area contributed by atoms with Crippen LogP contribution in [0.25, 0.3) is 0 Å². The normalized spacial score (nSPS) is 15.9. The second-order valence-electron chi connectivity index (χ2n) is 8.40. The van der Waals surface area contributed by atoms with E-state index < -0.39 is 23.4 Å². The molecule has 1 atom stereocenters. The summed E-state index contributed by atoms with van der Waals surface area (Å²) >= 11 is 0. The summed E-state index contributed by atoms with van der Waals surface area (Å²) in [6.45, 7) is 0.530. The van der Waals surface area contributed by atoms with Gasteiger partial charge < -0.3 is 20.5 Å². The highest BCUT2D eigenvalue weighted by atomic mass is 19.4. The molecule has 0 aliphatic carbocycles. The number of nitrogens with two attached hydrogens (primary N) is 1. The van der Waals surface area contributed by atoms with Crippen LogP contribution < -0.4 is 10.6 Å². The van der Waals surface area contributed by atoms with Gasteiger partial charge in [0.1, 0.15) is 11.6 Å². The van der Waals surface area contributed by atoms with E-state index in [-0.39, 0.29) is 25.7 Å². The molecule has 1 aliphatic rings. The first-order valence-electron chi connectivity index (χ1n) is 10.9. The third kappa shape index (κ3) is 5.14. The van der Waals surface area contributed by atoms with Crippen LogP contribution in [0.2, 0.25) is 0 Å². The summed E-state index contributed by atoms with van der Waals surface area (Å²) in [4.78, 5) is 15.0. The molecule has 0 radical (unpaired) electrons. The summed E-state index contributed by atoms with van der Waals surface area (Å²) in [6, 6.07) is 19.9. The van der Waals surface area contributed by atoms with Gasteiger partial charge in [-0.15, -0.1) is 0 Å². The Kier molecular flexibility index (Phi) is 6.74. The molecule has 5 nitrogen and oxygen atoms in total. The molecule has 34 heavy (non-hydrogen) atoms. The summed E-state index contributed by atoms with van der Waals surface area (Å²) in [6.07, 6.45) is -4.09. The van der Waals surface area contributed by atoms with Crippen LogP contribution in [0.1, 0.15) is 28.3 Å². The monoisotopic (exact) mass is 470 g/mol. The van der Waals surface area contributed by atoms with Crippen LogP contribution in [-0.4, -0.2) is 30.8 Å². The van der Waals surface area contributed by atoms with Gasteiger partial charge in [-0.25, -0.2) is 0 Å². The number of amides is 1. The van der Waals surface area contributed by atoms with Crippen molar-refractivity contribution in [2.75, 3.05) is 24.7 Å². The van der Waals surface area contributed by atoms with Crippen molar-refractivity contribution in [2.45, 2.75) is 24.2 Å². The fraction of sp³-hybridized carbons (Fsp3) is 0.269. The third-order valence-electron chi connectivity index (χ3n) is 5.97. The van der Waals surface area contributed by atoms with E-state index in [1.54, 1.807) is 48.5 Å². The first-order chi connectivity index (χ1) is 16.2. The molecule has 0 saturated carbocycles. The van der Waals surface area contributed by atoms with Gasteiger partial charge in [-0.05, 0) is 47.4 Å². The molecule has 3 N–H and O–H groups in total. The molecule has 178 valence electrons. The lowest BCUT2D eigenvalue weighted by molar-refractivity contribution is -0.184. The zero-order chi connectivity index (χ0) is 24.3. The maximum absolute atomic E-state index is 13.5. The Labute approximate surface area is 195 Å². The first-order valence-corrected chi connectivity index (χ1v) is 10.9. The van der Waals surface area contributed by atoms with Crippen molar-refractivity contribution in [2.24, 2.45) is 5.73 Å². The molecule has 1 fully saturated rings. The minimum atomic E-state index is -4.41. The Balaban J connectivity index is 1.60. The SMILES string of the molecule is NC(C(=O)N(CCc1ccc(C(F)(F)F)cc1)c1cccc(C2(O)COC2)c1)c1ccccc1. The van der Waals surface area contributed by atoms with Crippen molar-refractivity contribution in [1.29, 1.82) is 0 Å². The Hall–Kier alpha value is -3.20. The van der Waals surface area contributed by atoms with Gasteiger partial charge in [-0.1, -0.05) is 54.6 Å².